The SMILES string of the molecule is CC[C@@H](C)C(=O)Nc1cccc(C(=O)N(C)C)c1. The summed E-state index contributed by atoms with van der Waals surface area (Å²) in [4.78, 5) is 25.0. The first-order valence-electron chi connectivity index (χ1n) is 6.08. The van der Waals surface area contributed by atoms with Crippen molar-refractivity contribution < 1.29 is 9.59 Å². The van der Waals surface area contributed by atoms with Crippen molar-refractivity contribution in [3.8, 4) is 0 Å². The van der Waals surface area contributed by atoms with E-state index in [1.165, 1.54) is 4.90 Å². The third kappa shape index (κ3) is 3.58. The predicted octanol–water partition coefficient (Wildman–Crippen LogP) is 2.37. The van der Waals surface area contributed by atoms with Crippen molar-refractivity contribution in [3.05, 3.63) is 29.8 Å². The van der Waals surface area contributed by atoms with Crippen LogP contribution < -0.4 is 5.32 Å². The lowest BCUT2D eigenvalue weighted by molar-refractivity contribution is -0.119. The molecule has 0 saturated heterocycles. The maximum atomic E-state index is 11.8. The third-order valence-electron chi connectivity index (χ3n) is 2.84. The van der Waals surface area contributed by atoms with Crippen LogP contribution >= 0.6 is 0 Å². The van der Waals surface area contributed by atoms with Crippen LogP contribution in [0.2, 0.25) is 0 Å². The molecule has 1 rings (SSSR count). The summed E-state index contributed by atoms with van der Waals surface area (Å²) in [5.74, 6) is -0.125. The highest BCUT2D eigenvalue weighted by Crippen LogP contribution is 2.14. The van der Waals surface area contributed by atoms with Crippen LogP contribution in [0.25, 0.3) is 0 Å². The Morgan fingerprint density at radius 3 is 2.56 bits per heavy atom. The van der Waals surface area contributed by atoms with Crippen LogP contribution in [0.1, 0.15) is 30.6 Å². The van der Waals surface area contributed by atoms with Crippen LogP contribution in [0, 0.1) is 5.92 Å². The van der Waals surface area contributed by atoms with E-state index in [-0.39, 0.29) is 17.7 Å². The molecule has 0 radical (unpaired) electrons. The number of nitrogens with one attached hydrogen (secondary N) is 1. The van der Waals surface area contributed by atoms with Crippen molar-refractivity contribution in [1.29, 1.82) is 0 Å². The van der Waals surface area contributed by atoms with Gasteiger partial charge in [0.25, 0.3) is 5.91 Å². The lowest BCUT2D eigenvalue weighted by Gasteiger charge is -2.13. The Labute approximate surface area is 108 Å². The number of carbonyl (C=O) groups is 2. The van der Waals surface area contributed by atoms with Gasteiger partial charge in [-0.15, -0.1) is 0 Å². The van der Waals surface area contributed by atoms with E-state index in [1.54, 1.807) is 38.4 Å². The Bertz CT molecular complexity index is 441. The lowest BCUT2D eigenvalue weighted by Crippen LogP contribution is -2.22. The molecule has 1 aromatic carbocycles. The van der Waals surface area contributed by atoms with Crippen LogP contribution in [-0.4, -0.2) is 30.8 Å². The Kier molecular flexibility index (Phi) is 4.89. The van der Waals surface area contributed by atoms with Gasteiger partial charge in [-0.1, -0.05) is 19.9 Å². The minimum atomic E-state index is -0.0744. The molecule has 0 aliphatic heterocycles. The summed E-state index contributed by atoms with van der Waals surface area (Å²) in [5.41, 5.74) is 1.23. The molecule has 0 heterocycles. The number of carbonyl (C=O) groups excluding carboxylic acids is 2. The highest BCUT2D eigenvalue weighted by atomic mass is 16.2. The monoisotopic (exact) mass is 248 g/mol. The van der Waals surface area contributed by atoms with Crippen LogP contribution in [0.4, 0.5) is 5.69 Å². The van der Waals surface area contributed by atoms with E-state index in [2.05, 4.69) is 5.32 Å². The topological polar surface area (TPSA) is 49.4 Å². The zero-order valence-corrected chi connectivity index (χ0v) is 11.4. The Balaban J connectivity index is 2.83. The summed E-state index contributed by atoms with van der Waals surface area (Å²) in [6.07, 6.45) is 0.794. The summed E-state index contributed by atoms with van der Waals surface area (Å²) in [5, 5.41) is 2.82. The molecule has 1 aromatic rings. The van der Waals surface area contributed by atoms with Crippen molar-refractivity contribution in [2.45, 2.75) is 20.3 Å². The number of rotatable bonds is 4. The zero-order chi connectivity index (χ0) is 13.7. The van der Waals surface area contributed by atoms with E-state index in [9.17, 15) is 9.59 Å². The fraction of sp³-hybridized carbons (Fsp3) is 0.429. The first kappa shape index (κ1) is 14.2. The zero-order valence-electron chi connectivity index (χ0n) is 11.4. The molecular formula is C14H20N2O2. The molecule has 18 heavy (non-hydrogen) atoms. The molecule has 0 spiro atoms. The molecule has 0 aliphatic rings. The van der Waals surface area contributed by atoms with Crippen molar-refractivity contribution in [1.82, 2.24) is 4.90 Å². The number of hydrogen-bond donors (Lipinski definition) is 1. The molecule has 4 heteroatoms. The molecule has 0 fully saturated rings. The molecule has 98 valence electrons. The van der Waals surface area contributed by atoms with Gasteiger partial charge in [-0.05, 0) is 24.6 Å². The first-order valence-corrected chi connectivity index (χ1v) is 6.08. The molecule has 4 nitrogen and oxygen atoms in total. The summed E-state index contributed by atoms with van der Waals surface area (Å²) in [6.45, 7) is 3.85. The van der Waals surface area contributed by atoms with Crippen molar-refractivity contribution >= 4 is 17.5 Å². The molecular weight excluding hydrogens is 228 g/mol. The fourth-order valence-electron chi connectivity index (χ4n) is 1.44. The number of amides is 2. The standard InChI is InChI=1S/C14H20N2O2/c1-5-10(2)13(17)15-12-8-6-7-11(9-12)14(18)16(3)4/h6-10H,5H2,1-4H3,(H,15,17)/t10-/m1/s1. The second-order valence-electron chi connectivity index (χ2n) is 4.58. The number of hydrogen-bond acceptors (Lipinski definition) is 2. The quantitative estimate of drug-likeness (QED) is 0.889. The van der Waals surface area contributed by atoms with Gasteiger partial charge in [0.2, 0.25) is 5.91 Å². The van der Waals surface area contributed by atoms with Gasteiger partial charge in [0.15, 0.2) is 0 Å². The third-order valence-corrected chi connectivity index (χ3v) is 2.84. The van der Waals surface area contributed by atoms with Crippen LogP contribution in [-0.2, 0) is 4.79 Å². The van der Waals surface area contributed by atoms with E-state index < -0.39 is 0 Å². The largest absolute Gasteiger partial charge is 0.345 e. The van der Waals surface area contributed by atoms with Gasteiger partial charge >= 0.3 is 0 Å². The second kappa shape index (κ2) is 6.19. The molecule has 0 bridgehead atoms. The predicted molar refractivity (Wildman–Crippen MR) is 72.5 cm³/mol. The van der Waals surface area contributed by atoms with Crippen molar-refractivity contribution in [3.63, 3.8) is 0 Å². The molecule has 0 aliphatic carbocycles. The van der Waals surface area contributed by atoms with Gasteiger partial charge < -0.3 is 10.2 Å². The smallest absolute Gasteiger partial charge is 0.253 e. The number of nitrogens with zero attached hydrogens (tertiary/aromatic N) is 1. The molecule has 0 unspecified atom stereocenters. The van der Waals surface area contributed by atoms with Crippen LogP contribution in [0.15, 0.2) is 24.3 Å². The molecule has 0 aromatic heterocycles. The summed E-state index contributed by atoms with van der Waals surface area (Å²) < 4.78 is 0. The van der Waals surface area contributed by atoms with E-state index in [0.29, 0.717) is 11.3 Å². The average molecular weight is 248 g/mol. The van der Waals surface area contributed by atoms with Crippen LogP contribution in [0.5, 0.6) is 0 Å². The number of anilines is 1. The van der Waals surface area contributed by atoms with E-state index in [1.807, 2.05) is 13.8 Å². The van der Waals surface area contributed by atoms with Gasteiger partial charge in [-0.3, -0.25) is 9.59 Å². The minimum Gasteiger partial charge on any atom is -0.345 e. The normalized spacial score (nSPS) is 11.8. The highest BCUT2D eigenvalue weighted by molar-refractivity contribution is 5.97. The molecule has 1 atom stereocenters. The van der Waals surface area contributed by atoms with E-state index in [0.717, 1.165) is 6.42 Å². The minimum absolute atomic E-state index is 0.0213. The summed E-state index contributed by atoms with van der Waals surface area (Å²) in [6, 6.07) is 6.99. The van der Waals surface area contributed by atoms with Gasteiger partial charge in [0.05, 0.1) is 0 Å². The Morgan fingerprint density at radius 1 is 1.33 bits per heavy atom. The number of benzene rings is 1. The van der Waals surface area contributed by atoms with Crippen LogP contribution in [0.3, 0.4) is 0 Å². The highest BCUT2D eigenvalue weighted by Gasteiger charge is 2.12. The second-order valence-corrected chi connectivity index (χ2v) is 4.58. The maximum absolute atomic E-state index is 11.8. The van der Waals surface area contributed by atoms with E-state index >= 15 is 0 Å². The average Bonchev–Trinajstić information content (AvgIpc) is 2.36. The van der Waals surface area contributed by atoms with Crippen molar-refractivity contribution in [2.75, 3.05) is 19.4 Å². The summed E-state index contributed by atoms with van der Waals surface area (Å²) in [7, 11) is 3.40. The maximum Gasteiger partial charge on any atom is 0.253 e. The van der Waals surface area contributed by atoms with Crippen molar-refractivity contribution in [2.24, 2.45) is 5.92 Å². The molecule has 0 saturated carbocycles. The Morgan fingerprint density at radius 2 is 2.00 bits per heavy atom. The molecule has 1 N–H and O–H groups in total. The first-order chi connectivity index (χ1) is 8.45. The van der Waals surface area contributed by atoms with Gasteiger partial charge in [0.1, 0.15) is 0 Å². The molecule has 2 amide bonds. The van der Waals surface area contributed by atoms with Gasteiger partial charge in [-0.2, -0.15) is 0 Å². The summed E-state index contributed by atoms with van der Waals surface area (Å²) >= 11 is 0. The van der Waals surface area contributed by atoms with Gasteiger partial charge in [-0.25, -0.2) is 0 Å². The van der Waals surface area contributed by atoms with E-state index in [4.69, 9.17) is 0 Å². The Hall–Kier alpha value is -1.84. The fourth-order valence-corrected chi connectivity index (χ4v) is 1.44. The van der Waals surface area contributed by atoms with Gasteiger partial charge in [0, 0.05) is 31.3 Å². The lowest BCUT2D eigenvalue weighted by atomic mass is 10.1.